The van der Waals surface area contributed by atoms with Crippen LogP contribution in [-0.4, -0.2) is 32.3 Å². The molecule has 1 aliphatic heterocycles. The molecule has 0 saturated heterocycles. The molecule has 0 saturated carbocycles. The molecule has 0 unspecified atom stereocenters. The van der Waals surface area contributed by atoms with E-state index in [-0.39, 0.29) is 17.3 Å². The first-order chi connectivity index (χ1) is 11.0. The molecule has 0 N–H and O–H groups in total. The smallest absolute Gasteiger partial charge is 0.338 e. The van der Waals surface area contributed by atoms with Crippen LogP contribution in [0.15, 0.2) is 51.9 Å². The van der Waals surface area contributed by atoms with E-state index in [1.807, 2.05) is 0 Å². The molecule has 0 aliphatic carbocycles. The molecule has 2 aromatic rings. The Balaban J connectivity index is 2.07. The Morgan fingerprint density at radius 2 is 2.09 bits per heavy atom. The molecule has 8 heteroatoms. The van der Waals surface area contributed by atoms with E-state index in [0.29, 0.717) is 11.3 Å². The van der Waals surface area contributed by atoms with Crippen LogP contribution in [-0.2, 0) is 14.8 Å². The molecule has 118 valence electrons. The van der Waals surface area contributed by atoms with Crippen molar-refractivity contribution in [3.05, 3.63) is 48.2 Å². The number of hydrogen-bond donors (Lipinski definition) is 0. The van der Waals surface area contributed by atoms with E-state index in [2.05, 4.69) is 9.38 Å². The molecule has 23 heavy (non-hydrogen) atoms. The van der Waals surface area contributed by atoms with Gasteiger partial charge in [0.05, 0.1) is 12.2 Å². The topological polar surface area (TPSA) is 88.9 Å². The normalized spacial score (nSPS) is 15.1. The minimum Gasteiger partial charge on any atom is -0.462 e. The van der Waals surface area contributed by atoms with Gasteiger partial charge in [0.2, 0.25) is 0 Å². The standard InChI is InChI=1S/C15H13N3O4S/c1-2-22-15(19)11-5-3-6-12(9-11)18-10-17-23(20,21)13-7-4-8-16-14(13)18/h3-10H,2H2,1H3. The van der Waals surface area contributed by atoms with Crippen molar-refractivity contribution in [2.45, 2.75) is 11.8 Å². The summed E-state index contributed by atoms with van der Waals surface area (Å²) in [5, 5.41) is 0. The predicted octanol–water partition coefficient (Wildman–Crippen LogP) is 2.13. The summed E-state index contributed by atoms with van der Waals surface area (Å²) in [4.78, 5) is 17.5. The first-order valence-electron chi connectivity index (χ1n) is 6.85. The molecule has 0 radical (unpaired) electrons. The van der Waals surface area contributed by atoms with Crippen LogP contribution in [0.3, 0.4) is 0 Å². The summed E-state index contributed by atoms with van der Waals surface area (Å²) in [6, 6.07) is 9.60. The maximum Gasteiger partial charge on any atom is 0.338 e. The van der Waals surface area contributed by atoms with Crippen molar-refractivity contribution in [3.63, 3.8) is 0 Å². The number of aromatic nitrogens is 1. The number of carbonyl (C=O) groups excluding carboxylic acids is 1. The van der Waals surface area contributed by atoms with Crippen LogP contribution < -0.4 is 4.90 Å². The lowest BCUT2D eigenvalue weighted by Crippen LogP contribution is -2.23. The molecule has 1 aromatic heterocycles. The van der Waals surface area contributed by atoms with Gasteiger partial charge in [0.1, 0.15) is 11.2 Å². The van der Waals surface area contributed by atoms with Gasteiger partial charge in [0.25, 0.3) is 10.0 Å². The van der Waals surface area contributed by atoms with Gasteiger partial charge < -0.3 is 4.74 Å². The van der Waals surface area contributed by atoms with Crippen LogP contribution in [0.2, 0.25) is 0 Å². The molecular formula is C15H13N3O4S. The van der Waals surface area contributed by atoms with E-state index in [0.717, 1.165) is 0 Å². The molecule has 0 amide bonds. The van der Waals surface area contributed by atoms with E-state index in [1.54, 1.807) is 31.2 Å². The third-order valence-corrected chi connectivity index (χ3v) is 4.44. The first-order valence-corrected chi connectivity index (χ1v) is 8.29. The Morgan fingerprint density at radius 1 is 1.26 bits per heavy atom. The fourth-order valence-electron chi connectivity index (χ4n) is 2.17. The highest BCUT2D eigenvalue weighted by molar-refractivity contribution is 7.90. The number of anilines is 2. The molecule has 1 aromatic carbocycles. The average molecular weight is 331 g/mol. The maximum absolute atomic E-state index is 12.0. The van der Waals surface area contributed by atoms with Crippen molar-refractivity contribution >= 4 is 33.8 Å². The van der Waals surface area contributed by atoms with Crippen LogP contribution in [0.4, 0.5) is 11.5 Å². The number of rotatable bonds is 3. The summed E-state index contributed by atoms with van der Waals surface area (Å²) in [7, 11) is -3.74. The van der Waals surface area contributed by atoms with Gasteiger partial charge >= 0.3 is 5.97 Å². The van der Waals surface area contributed by atoms with Crippen LogP contribution in [0.1, 0.15) is 17.3 Å². The molecule has 0 fully saturated rings. The van der Waals surface area contributed by atoms with E-state index in [1.165, 1.54) is 29.6 Å². The number of carbonyl (C=O) groups is 1. The number of benzene rings is 1. The van der Waals surface area contributed by atoms with E-state index in [4.69, 9.17) is 4.74 Å². The van der Waals surface area contributed by atoms with Crippen molar-refractivity contribution in [2.24, 2.45) is 4.40 Å². The van der Waals surface area contributed by atoms with E-state index < -0.39 is 16.0 Å². The molecular weight excluding hydrogens is 318 g/mol. The second kappa shape index (κ2) is 5.81. The predicted molar refractivity (Wildman–Crippen MR) is 84.5 cm³/mol. The third-order valence-electron chi connectivity index (χ3n) is 3.19. The summed E-state index contributed by atoms with van der Waals surface area (Å²) in [6.45, 7) is 2.00. The summed E-state index contributed by atoms with van der Waals surface area (Å²) in [5.41, 5.74) is 0.929. The van der Waals surface area contributed by atoms with Gasteiger partial charge in [0.15, 0.2) is 5.82 Å². The highest BCUT2D eigenvalue weighted by Crippen LogP contribution is 2.32. The summed E-state index contributed by atoms with van der Waals surface area (Å²) < 4.78 is 32.5. The molecule has 2 heterocycles. The lowest BCUT2D eigenvalue weighted by molar-refractivity contribution is 0.0526. The molecule has 3 rings (SSSR count). The van der Waals surface area contributed by atoms with E-state index >= 15 is 0 Å². The molecule has 1 aliphatic rings. The molecule has 0 bridgehead atoms. The Hall–Kier alpha value is -2.74. The lowest BCUT2D eigenvalue weighted by atomic mass is 10.2. The second-order valence-electron chi connectivity index (χ2n) is 4.66. The minimum absolute atomic E-state index is 0.0176. The summed E-state index contributed by atoms with van der Waals surface area (Å²) in [5.74, 6) is -0.208. The van der Waals surface area contributed by atoms with Gasteiger partial charge in [-0.15, -0.1) is 4.40 Å². The number of ether oxygens (including phenoxy) is 1. The van der Waals surface area contributed by atoms with Crippen LogP contribution >= 0.6 is 0 Å². The zero-order chi connectivity index (χ0) is 16.4. The van der Waals surface area contributed by atoms with Gasteiger partial charge in [-0.3, -0.25) is 4.90 Å². The number of pyridine rings is 1. The first kappa shape index (κ1) is 15.2. The molecule has 0 atom stereocenters. The average Bonchev–Trinajstić information content (AvgIpc) is 2.55. The largest absolute Gasteiger partial charge is 0.462 e. The molecule has 7 nitrogen and oxygen atoms in total. The fraction of sp³-hybridized carbons (Fsp3) is 0.133. The van der Waals surface area contributed by atoms with Gasteiger partial charge in [-0.25, -0.2) is 9.78 Å². The van der Waals surface area contributed by atoms with Crippen molar-refractivity contribution in [3.8, 4) is 0 Å². The van der Waals surface area contributed by atoms with Gasteiger partial charge in [-0.2, -0.15) is 8.42 Å². The van der Waals surface area contributed by atoms with Crippen LogP contribution in [0, 0.1) is 0 Å². The Morgan fingerprint density at radius 3 is 2.87 bits per heavy atom. The fourth-order valence-corrected chi connectivity index (χ4v) is 3.14. The summed E-state index contributed by atoms with van der Waals surface area (Å²) >= 11 is 0. The van der Waals surface area contributed by atoms with Crippen molar-refractivity contribution < 1.29 is 17.9 Å². The zero-order valence-corrected chi connectivity index (χ0v) is 13.0. The maximum atomic E-state index is 12.0. The monoisotopic (exact) mass is 331 g/mol. The van der Waals surface area contributed by atoms with Crippen molar-refractivity contribution in [1.82, 2.24) is 4.98 Å². The van der Waals surface area contributed by atoms with Crippen LogP contribution in [0.5, 0.6) is 0 Å². The molecule has 0 spiro atoms. The number of esters is 1. The zero-order valence-electron chi connectivity index (χ0n) is 12.2. The van der Waals surface area contributed by atoms with E-state index in [9.17, 15) is 13.2 Å². The quantitative estimate of drug-likeness (QED) is 0.801. The second-order valence-corrected chi connectivity index (χ2v) is 6.26. The lowest BCUT2D eigenvalue weighted by Gasteiger charge is -2.23. The Bertz CT molecular complexity index is 893. The summed E-state index contributed by atoms with van der Waals surface area (Å²) in [6.07, 6.45) is 2.67. The third kappa shape index (κ3) is 2.80. The SMILES string of the molecule is CCOC(=O)c1cccc(N2C=NS(=O)(=O)c3cccnc32)c1. The van der Waals surface area contributed by atoms with Crippen molar-refractivity contribution in [1.29, 1.82) is 0 Å². The Kier molecular flexibility index (Phi) is 3.83. The highest BCUT2D eigenvalue weighted by Gasteiger charge is 2.27. The van der Waals surface area contributed by atoms with Gasteiger partial charge in [-0.05, 0) is 37.3 Å². The number of nitrogens with zero attached hydrogens (tertiary/aromatic N) is 3. The number of sulfonamides is 1. The van der Waals surface area contributed by atoms with Crippen molar-refractivity contribution in [2.75, 3.05) is 11.5 Å². The highest BCUT2D eigenvalue weighted by atomic mass is 32.2. The number of hydrogen-bond acceptors (Lipinski definition) is 6. The van der Waals surface area contributed by atoms with Gasteiger partial charge in [-0.1, -0.05) is 6.07 Å². The number of fused-ring (bicyclic) bond motifs is 1. The van der Waals surface area contributed by atoms with Gasteiger partial charge in [0, 0.05) is 11.9 Å². The van der Waals surface area contributed by atoms with Crippen LogP contribution in [0.25, 0.3) is 0 Å². The minimum atomic E-state index is -3.74. The Labute approximate surface area is 133 Å².